The zero-order valence-corrected chi connectivity index (χ0v) is 12.2. The minimum Gasteiger partial charge on any atom is -0.481 e. The van der Waals surface area contributed by atoms with Crippen LogP contribution in [0.5, 0.6) is 0 Å². The van der Waals surface area contributed by atoms with Crippen LogP contribution in [0.4, 0.5) is 0 Å². The minimum absolute atomic E-state index is 0.339. The van der Waals surface area contributed by atoms with E-state index >= 15 is 0 Å². The molecule has 2 aliphatic heterocycles. The van der Waals surface area contributed by atoms with E-state index in [9.17, 15) is 4.79 Å². The predicted octanol–water partition coefficient (Wildman–Crippen LogP) is 2.05. The van der Waals surface area contributed by atoms with Gasteiger partial charge in [0.1, 0.15) is 0 Å². The molecule has 2 saturated heterocycles. The van der Waals surface area contributed by atoms with Crippen LogP contribution in [0.2, 0.25) is 0 Å². The third-order valence-corrected chi connectivity index (χ3v) is 4.75. The van der Waals surface area contributed by atoms with E-state index in [1.807, 2.05) is 0 Å². The second-order valence-corrected chi connectivity index (χ2v) is 6.32. The lowest BCUT2D eigenvalue weighted by Gasteiger charge is -2.38. The van der Waals surface area contributed by atoms with Gasteiger partial charge in [0.15, 0.2) is 0 Å². The number of likely N-dealkylation sites (tertiary alicyclic amines) is 2. The molecule has 1 N–H and O–H groups in total. The summed E-state index contributed by atoms with van der Waals surface area (Å²) in [7, 11) is 2.22. The van der Waals surface area contributed by atoms with E-state index in [0.717, 1.165) is 19.0 Å². The second kappa shape index (κ2) is 7.25. The fraction of sp³-hybridized carbons (Fsp3) is 0.933. The fourth-order valence-corrected chi connectivity index (χ4v) is 3.58. The number of hydrogen-bond acceptors (Lipinski definition) is 3. The predicted molar refractivity (Wildman–Crippen MR) is 76.3 cm³/mol. The molecule has 0 spiro atoms. The molecule has 0 aromatic rings. The van der Waals surface area contributed by atoms with Gasteiger partial charge in [-0.15, -0.1) is 0 Å². The van der Waals surface area contributed by atoms with Gasteiger partial charge in [-0.2, -0.15) is 0 Å². The first-order valence-corrected chi connectivity index (χ1v) is 7.79. The van der Waals surface area contributed by atoms with Gasteiger partial charge in [0.25, 0.3) is 0 Å². The van der Waals surface area contributed by atoms with Gasteiger partial charge in [-0.1, -0.05) is 0 Å². The fourth-order valence-electron chi connectivity index (χ4n) is 3.58. The summed E-state index contributed by atoms with van der Waals surface area (Å²) in [6, 6.07) is 0.734. The van der Waals surface area contributed by atoms with Crippen LogP contribution in [-0.2, 0) is 4.79 Å². The normalized spacial score (nSPS) is 31.0. The molecule has 0 amide bonds. The van der Waals surface area contributed by atoms with Gasteiger partial charge in [-0.3, -0.25) is 4.79 Å². The van der Waals surface area contributed by atoms with E-state index in [1.54, 1.807) is 0 Å². The third kappa shape index (κ3) is 4.77. The van der Waals surface area contributed by atoms with Crippen molar-refractivity contribution in [1.29, 1.82) is 0 Å². The molecule has 2 atom stereocenters. The van der Waals surface area contributed by atoms with Crippen LogP contribution in [0.25, 0.3) is 0 Å². The van der Waals surface area contributed by atoms with E-state index in [2.05, 4.69) is 16.8 Å². The molecule has 0 bridgehead atoms. The number of nitrogens with zero attached hydrogens (tertiary/aromatic N) is 2. The SMILES string of the molecule is CN1CCCC(N2CCCC(CCC(=O)O)C2)CC1. The highest BCUT2D eigenvalue weighted by Crippen LogP contribution is 2.26. The maximum absolute atomic E-state index is 10.7. The molecule has 0 saturated carbocycles. The van der Waals surface area contributed by atoms with Crippen molar-refractivity contribution in [3.8, 4) is 0 Å². The monoisotopic (exact) mass is 268 g/mol. The number of hydrogen-bond donors (Lipinski definition) is 1. The lowest BCUT2D eigenvalue weighted by atomic mass is 9.91. The van der Waals surface area contributed by atoms with Gasteiger partial charge in [0.2, 0.25) is 0 Å². The first-order chi connectivity index (χ1) is 9.15. The van der Waals surface area contributed by atoms with Crippen molar-refractivity contribution in [2.75, 3.05) is 33.2 Å². The number of aliphatic carboxylic acids is 1. The standard InChI is InChI=1S/C15H28N2O2/c1-16-9-3-5-14(8-11-16)17-10-2-4-13(12-17)6-7-15(18)19/h13-14H,2-12H2,1H3,(H,18,19). The summed E-state index contributed by atoms with van der Waals surface area (Å²) in [6.45, 7) is 4.79. The molecule has 2 aliphatic rings. The maximum atomic E-state index is 10.7. The minimum atomic E-state index is -0.645. The summed E-state index contributed by atoms with van der Waals surface area (Å²) in [5.41, 5.74) is 0. The number of piperidine rings is 1. The highest BCUT2D eigenvalue weighted by atomic mass is 16.4. The third-order valence-electron chi connectivity index (χ3n) is 4.75. The Kier molecular flexibility index (Phi) is 5.64. The van der Waals surface area contributed by atoms with Crippen molar-refractivity contribution in [1.82, 2.24) is 9.80 Å². The van der Waals surface area contributed by atoms with Crippen LogP contribution in [0.15, 0.2) is 0 Å². The molecule has 2 unspecified atom stereocenters. The second-order valence-electron chi connectivity index (χ2n) is 6.32. The zero-order chi connectivity index (χ0) is 13.7. The molecule has 0 radical (unpaired) electrons. The molecule has 2 fully saturated rings. The smallest absolute Gasteiger partial charge is 0.303 e. The number of carboxylic acids is 1. The van der Waals surface area contributed by atoms with Gasteiger partial charge in [0, 0.05) is 19.0 Å². The van der Waals surface area contributed by atoms with Crippen molar-refractivity contribution < 1.29 is 9.90 Å². The summed E-state index contributed by atoms with van der Waals surface area (Å²) >= 11 is 0. The molecular weight excluding hydrogens is 240 g/mol. The zero-order valence-electron chi connectivity index (χ0n) is 12.2. The Hall–Kier alpha value is -0.610. The summed E-state index contributed by atoms with van der Waals surface area (Å²) in [4.78, 5) is 15.8. The number of carboxylic acid groups (broad SMARTS) is 1. The van der Waals surface area contributed by atoms with Crippen molar-refractivity contribution in [3.05, 3.63) is 0 Å². The van der Waals surface area contributed by atoms with Crippen LogP contribution < -0.4 is 0 Å². The van der Waals surface area contributed by atoms with Crippen molar-refractivity contribution in [2.45, 2.75) is 51.0 Å². The quantitative estimate of drug-likeness (QED) is 0.847. The first-order valence-electron chi connectivity index (χ1n) is 7.79. The molecule has 0 aliphatic carbocycles. The summed E-state index contributed by atoms with van der Waals surface area (Å²) < 4.78 is 0. The lowest BCUT2D eigenvalue weighted by molar-refractivity contribution is -0.137. The van der Waals surface area contributed by atoms with E-state index in [-0.39, 0.29) is 0 Å². The maximum Gasteiger partial charge on any atom is 0.303 e. The van der Waals surface area contributed by atoms with Gasteiger partial charge in [0.05, 0.1) is 0 Å². The first kappa shape index (κ1) is 14.8. The summed E-state index contributed by atoms with van der Waals surface area (Å²) in [6.07, 6.45) is 7.56. The average molecular weight is 268 g/mol. The van der Waals surface area contributed by atoms with Gasteiger partial charge >= 0.3 is 5.97 Å². The van der Waals surface area contributed by atoms with E-state index in [1.165, 1.54) is 51.7 Å². The van der Waals surface area contributed by atoms with Gasteiger partial charge in [-0.05, 0) is 71.1 Å². The summed E-state index contributed by atoms with van der Waals surface area (Å²) in [5, 5.41) is 8.81. The molecule has 2 rings (SSSR count). The van der Waals surface area contributed by atoms with Crippen LogP contribution in [0, 0.1) is 5.92 Å². The molecule has 19 heavy (non-hydrogen) atoms. The molecule has 0 aromatic carbocycles. The lowest BCUT2D eigenvalue weighted by Crippen LogP contribution is -2.43. The molecule has 2 heterocycles. The van der Waals surface area contributed by atoms with Gasteiger partial charge < -0.3 is 14.9 Å². The Labute approximate surface area is 116 Å². The van der Waals surface area contributed by atoms with Crippen LogP contribution in [-0.4, -0.2) is 60.1 Å². The number of carbonyl (C=O) groups is 1. The van der Waals surface area contributed by atoms with Crippen LogP contribution >= 0.6 is 0 Å². The van der Waals surface area contributed by atoms with E-state index in [4.69, 9.17) is 5.11 Å². The van der Waals surface area contributed by atoms with Crippen molar-refractivity contribution in [3.63, 3.8) is 0 Å². The summed E-state index contributed by atoms with van der Waals surface area (Å²) in [5.74, 6) is -0.0425. The Morgan fingerprint density at radius 1 is 1.16 bits per heavy atom. The number of rotatable bonds is 4. The van der Waals surface area contributed by atoms with Gasteiger partial charge in [-0.25, -0.2) is 0 Å². The Morgan fingerprint density at radius 2 is 1.95 bits per heavy atom. The Balaban J connectivity index is 1.80. The molecule has 4 nitrogen and oxygen atoms in total. The van der Waals surface area contributed by atoms with Crippen molar-refractivity contribution >= 4 is 5.97 Å². The highest BCUT2D eigenvalue weighted by Gasteiger charge is 2.27. The molecule has 0 aromatic heterocycles. The molecular formula is C15H28N2O2. The van der Waals surface area contributed by atoms with E-state index < -0.39 is 5.97 Å². The largest absolute Gasteiger partial charge is 0.481 e. The Morgan fingerprint density at radius 3 is 2.74 bits per heavy atom. The molecule has 110 valence electrons. The van der Waals surface area contributed by atoms with Crippen LogP contribution in [0.3, 0.4) is 0 Å². The highest BCUT2D eigenvalue weighted by molar-refractivity contribution is 5.66. The van der Waals surface area contributed by atoms with E-state index in [0.29, 0.717) is 12.3 Å². The molecule has 4 heteroatoms. The topological polar surface area (TPSA) is 43.8 Å². The average Bonchev–Trinajstić information content (AvgIpc) is 2.62. The van der Waals surface area contributed by atoms with Crippen LogP contribution in [0.1, 0.15) is 44.9 Å². The Bertz CT molecular complexity index is 296. The van der Waals surface area contributed by atoms with Crippen molar-refractivity contribution in [2.24, 2.45) is 5.92 Å².